The molecule has 0 bridgehead atoms. The van der Waals surface area contributed by atoms with Gasteiger partial charge in [-0.1, -0.05) is 55.5 Å². The normalized spacial score (nSPS) is 12.5. The van der Waals surface area contributed by atoms with E-state index < -0.39 is 0 Å². The summed E-state index contributed by atoms with van der Waals surface area (Å²) in [6, 6.07) is 0. The molecule has 0 aliphatic carbocycles. The fraction of sp³-hybridized carbons (Fsp3) is 0.500. The van der Waals surface area contributed by atoms with E-state index in [0.717, 1.165) is 51.2 Å². The zero-order valence-electron chi connectivity index (χ0n) is 12.3. The third-order valence-electron chi connectivity index (χ3n) is 2.66. The molecule has 106 valence electrons. The Bertz CT molecular complexity index is 295. The van der Waals surface area contributed by atoms with Gasteiger partial charge in [0.25, 0.3) is 0 Å². The Labute approximate surface area is 118 Å². The van der Waals surface area contributed by atoms with Crippen molar-refractivity contribution in [2.45, 2.75) is 58.3 Å². The monoisotopic (exact) mass is 260 g/mol. The Kier molecular flexibility index (Phi) is 15.4. The fourth-order valence-electron chi connectivity index (χ4n) is 1.59. The zero-order chi connectivity index (χ0) is 14.0. The molecule has 19 heavy (non-hydrogen) atoms. The highest BCUT2D eigenvalue weighted by Crippen LogP contribution is 2.00. The largest absolute Gasteiger partial charge is 0.303 e. The van der Waals surface area contributed by atoms with E-state index in [9.17, 15) is 4.79 Å². The summed E-state index contributed by atoms with van der Waals surface area (Å²) in [6.07, 6.45) is 26.7. The minimum Gasteiger partial charge on any atom is -0.303 e. The molecule has 0 saturated heterocycles. The average molecular weight is 260 g/mol. The molecule has 0 spiro atoms. The highest BCUT2D eigenvalue weighted by molar-refractivity contribution is 5.48. The van der Waals surface area contributed by atoms with E-state index in [4.69, 9.17) is 0 Å². The standard InChI is InChI=1S/C18H28O/c1-2-3-4-5-6-7-8-9-10-11-12-13-14-15-16-17-18-19/h3-4,6-7,9-10,12-13,18H,2,5,8,11,14-17H2,1H3. The van der Waals surface area contributed by atoms with Crippen molar-refractivity contribution in [2.75, 3.05) is 0 Å². The van der Waals surface area contributed by atoms with Crippen LogP contribution in [0, 0.1) is 0 Å². The Morgan fingerprint density at radius 1 is 0.632 bits per heavy atom. The van der Waals surface area contributed by atoms with Gasteiger partial charge in [-0.3, -0.25) is 0 Å². The maximum absolute atomic E-state index is 10.1. The molecule has 1 heteroatoms. The van der Waals surface area contributed by atoms with Crippen molar-refractivity contribution < 1.29 is 4.79 Å². The van der Waals surface area contributed by atoms with E-state index >= 15 is 0 Å². The lowest BCUT2D eigenvalue weighted by Gasteiger charge is -1.90. The molecule has 0 rings (SSSR count). The second-order valence-corrected chi connectivity index (χ2v) is 4.45. The topological polar surface area (TPSA) is 17.1 Å². The van der Waals surface area contributed by atoms with E-state index in [1.165, 1.54) is 0 Å². The molecule has 0 heterocycles. The van der Waals surface area contributed by atoms with Crippen LogP contribution >= 0.6 is 0 Å². The van der Waals surface area contributed by atoms with Crippen LogP contribution in [0.4, 0.5) is 0 Å². The van der Waals surface area contributed by atoms with Crippen LogP contribution in [0.25, 0.3) is 0 Å². The first-order valence-corrected chi connectivity index (χ1v) is 7.45. The first-order chi connectivity index (χ1) is 9.41. The Hall–Kier alpha value is -1.37. The van der Waals surface area contributed by atoms with Crippen LogP contribution in [-0.4, -0.2) is 6.29 Å². The van der Waals surface area contributed by atoms with E-state index in [1.807, 2.05) is 0 Å². The number of carbonyl (C=O) groups excluding carboxylic acids is 1. The Morgan fingerprint density at radius 3 is 1.63 bits per heavy atom. The number of unbranched alkanes of at least 4 members (excludes halogenated alkanes) is 3. The first kappa shape index (κ1) is 17.6. The van der Waals surface area contributed by atoms with E-state index in [1.54, 1.807) is 0 Å². The molecule has 0 radical (unpaired) electrons. The van der Waals surface area contributed by atoms with Crippen LogP contribution in [0.15, 0.2) is 48.6 Å². The van der Waals surface area contributed by atoms with Gasteiger partial charge in [0.05, 0.1) is 0 Å². The number of carbonyl (C=O) groups is 1. The summed E-state index contributed by atoms with van der Waals surface area (Å²) in [7, 11) is 0. The number of hydrogen-bond donors (Lipinski definition) is 0. The van der Waals surface area contributed by atoms with Crippen LogP contribution in [0.5, 0.6) is 0 Å². The molecule has 0 fully saturated rings. The molecule has 0 saturated carbocycles. The summed E-state index contributed by atoms with van der Waals surface area (Å²) in [5.74, 6) is 0. The van der Waals surface area contributed by atoms with Gasteiger partial charge < -0.3 is 4.79 Å². The molecule has 0 unspecified atom stereocenters. The van der Waals surface area contributed by atoms with E-state index in [0.29, 0.717) is 6.42 Å². The van der Waals surface area contributed by atoms with Crippen LogP contribution in [0.3, 0.4) is 0 Å². The lowest BCUT2D eigenvalue weighted by atomic mass is 10.2. The predicted molar refractivity (Wildman–Crippen MR) is 85.2 cm³/mol. The molecule has 1 nitrogen and oxygen atoms in total. The smallest absolute Gasteiger partial charge is 0.119 e. The highest BCUT2D eigenvalue weighted by Gasteiger charge is 1.83. The second-order valence-electron chi connectivity index (χ2n) is 4.45. The van der Waals surface area contributed by atoms with E-state index in [2.05, 4.69) is 55.5 Å². The second kappa shape index (κ2) is 16.6. The number of aldehydes is 1. The van der Waals surface area contributed by atoms with Gasteiger partial charge >= 0.3 is 0 Å². The number of allylic oxidation sites excluding steroid dienone is 8. The maximum atomic E-state index is 10.1. The van der Waals surface area contributed by atoms with Crippen molar-refractivity contribution in [3.05, 3.63) is 48.6 Å². The molecule has 0 N–H and O–H groups in total. The molecule has 0 amide bonds. The van der Waals surface area contributed by atoms with Gasteiger partial charge in [0, 0.05) is 6.42 Å². The van der Waals surface area contributed by atoms with Crippen molar-refractivity contribution in [1.29, 1.82) is 0 Å². The van der Waals surface area contributed by atoms with Gasteiger partial charge in [-0.2, -0.15) is 0 Å². The Balaban J connectivity index is 3.35. The third-order valence-corrected chi connectivity index (χ3v) is 2.66. The van der Waals surface area contributed by atoms with Gasteiger partial charge in [0.15, 0.2) is 0 Å². The first-order valence-electron chi connectivity index (χ1n) is 7.45. The van der Waals surface area contributed by atoms with Gasteiger partial charge in [-0.15, -0.1) is 0 Å². The molecule has 0 atom stereocenters. The molecule has 0 aliphatic heterocycles. The summed E-state index contributed by atoms with van der Waals surface area (Å²) >= 11 is 0. The minimum absolute atomic E-state index is 0.702. The molecule has 0 aromatic rings. The average Bonchev–Trinajstić information content (AvgIpc) is 2.43. The van der Waals surface area contributed by atoms with Crippen molar-refractivity contribution in [1.82, 2.24) is 0 Å². The predicted octanol–water partition coefficient (Wildman–Crippen LogP) is 5.55. The van der Waals surface area contributed by atoms with Gasteiger partial charge in [0.1, 0.15) is 6.29 Å². The number of rotatable bonds is 12. The van der Waals surface area contributed by atoms with Gasteiger partial charge in [-0.05, 0) is 44.9 Å². The van der Waals surface area contributed by atoms with Crippen molar-refractivity contribution in [2.24, 2.45) is 0 Å². The summed E-state index contributed by atoms with van der Waals surface area (Å²) in [5, 5.41) is 0. The summed E-state index contributed by atoms with van der Waals surface area (Å²) < 4.78 is 0. The van der Waals surface area contributed by atoms with E-state index in [-0.39, 0.29) is 0 Å². The molecule has 0 aromatic carbocycles. The van der Waals surface area contributed by atoms with Crippen LogP contribution in [0.2, 0.25) is 0 Å². The SMILES string of the molecule is CCC=CCC=CCC=CCC=CCCCCC=O. The highest BCUT2D eigenvalue weighted by atomic mass is 16.1. The van der Waals surface area contributed by atoms with Crippen LogP contribution in [0.1, 0.15) is 58.3 Å². The maximum Gasteiger partial charge on any atom is 0.119 e. The van der Waals surface area contributed by atoms with Crippen LogP contribution in [-0.2, 0) is 4.79 Å². The zero-order valence-corrected chi connectivity index (χ0v) is 12.3. The Morgan fingerprint density at radius 2 is 1.11 bits per heavy atom. The van der Waals surface area contributed by atoms with Gasteiger partial charge in [0.2, 0.25) is 0 Å². The summed E-state index contributed by atoms with van der Waals surface area (Å²) in [6.45, 7) is 2.15. The molecule has 0 aromatic heterocycles. The van der Waals surface area contributed by atoms with Crippen molar-refractivity contribution in [3.8, 4) is 0 Å². The summed E-state index contributed by atoms with van der Waals surface area (Å²) in [4.78, 5) is 10.1. The van der Waals surface area contributed by atoms with Gasteiger partial charge in [-0.25, -0.2) is 0 Å². The lowest BCUT2D eigenvalue weighted by molar-refractivity contribution is -0.107. The summed E-state index contributed by atoms with van der Waals surface area (Å²) in [5.41, 5.74) is 0. The van der Waals surface area contributed by atoms with Crippen molar-refractivity contribution >= 4 is 6.29 Å². The molecular formula is C18H28O. The number of hydrogen-bond acceptors (Lipinski definition) is 1. The molecule has 0 aliphatic rings. The lowest BCUT2D eigenvalue weighted by Crippen LogP contribution is -1.75. The third kappa shape index (κ3) is 16.6. The van der Waals surface area contributed by atoms with Crippen LogP contribution < -0.4 is 0 Å². The van der Waals surface area contributed by atoms with Crippen molar-refractivity contribution in [3.63, 3.8) is 0 Å². The fourth-order valence-corrected chi connectivity index (χ4v) is 1.59. The molecular weight excluding hydrogens is 232 g/mol. The minimum atomic E-state index is 0.702. The quantitative estimate of drug-likeness (QED) is 0.255.